The molecule has 55 heavy (non-hydrogen) atoms. The second kappa shape index (κ2) is 20.0. The molecule has 290 valence electrons. The van der Waals surface area contributed by atoms with E-state index in [4.69, 9.17) is 24.5 Å². The summed E-state index contributed by atoms with van der Waals surface area (Å²) in [6.45, 7) is 6.72. The van der Waals surface area contributed by atoms with E-state index < -0.39 is 0 Å². The second-order valence-corrected chi connectivity index (χ2v) is 18.9. The SMILES string of the molecule is CCSc1cccc(C(OC2CCN(C)CC2)c2nc3ccccc3s2)c1.CN1CCC(OC(c2cccc(SCCO)c2)c2nc3ccccc3s2)CC1. The summed E-state index contributed by atoms with van der Waals surface area (Å²) in [6.07, 6.45) is 4.58. The predicted molar refractivity (Wildman–Crippen MR) is 233 cm³/mol. The normalized spacial score (nSPS) is 17.3. The molecule has 0 radical (unpaired) electrons. The molecule has 11 heteroatoms. The van der Waals surface area contributed by atoms with Gasteiger partial charge in [-0.3, -0.25) is 0 Å². The molecule has 0 amide bonds. The number of likely N-dealkylation sites (tertiary alicyclic amines) is 2. The summed E-state index contributed by atoms with van der Waals surface area (Å²) in [7, 11) is 4.36. The van der Waals surface area contributed by atoms with Crippen LogP contribution >= 0.6 is 46.2 Å². The van der Waals surface area contributed by atoms with E-state index in [0.717, 1.165) is 89.1 Å². The summed E-state index contributed by atoms with van der Waals surface area (Å²) >= 11 is 7.02. The summed E-state index contributed by atoms with van der Waals surface area (Å²) in [5.41, 5.74) is 4.45. The van der Waals surface area contributed by atoms with Crippen molar-refractivity contribution >= 4 is 66.6 Å². The van der Waals surface area contributed by atoms with E-state index in [2.05, 4.69) is 122 Å². The van der Waals surface area contributed by atoms with Gasteiger partial charge in [-0.15, -0.1) is 46.2 Å². The maximum absolute atomic E-state index is 9.14. The molecule has 2 aliphatic rings. The van der Waals surface area contributed by atoms with Crippen molar-refractivity contribution in [1.29, 1.82) is 0 Å². The Morgan fingerprint density at radius 3 is 1.55 bits per heavy atom. The summed E-state index contributed by atoms with van der Waals surface area (Å²) in [5, 5.41) is 11.2. The molecule has 2 fully saturated rings. The van der Waals surface area contributed by atoms with E-state index in [1.807, 2.05) is 17.8 Å². The van der Waals surface area contributed by atoms with Crippen LogP contribution in [0.15, 0.2) is 107 Å². The third-order valence-electron chi connectivity index (χ3n) is 10.1. The van der Waals surface area contributed by atoms with E-state index in [-0.39, 0.29) is 24.9 Å². The lowest BCUT2D eigenvalue weighted by Gasteiger charge is -2.31. The Balaban J connectivity index is 0.000000169. The van der Waals surface area contributed by atoms with Gasteiger partial charge in [0.1, 0.15) is 22.2 Å². The lowest BCUT2D eigenvalue weighted by Crippen LogP contribution is -2.35. The maximum atomic E-state index is 9.14. The number of aromatic nitrogens is 2. The molecule has 2 atom stereocenters. The number of piperidine rings is 2. The molecule has 0 saturated carbocycles. The van der Waals surface area contributed by atoms with Crippen molar-refractivity contribution in [1.82, 2.24) is 19.8 Å². The maximum Gasteiger partial charge on any atom is 0.134 e. The highest BCUT2D eigenvalue weighted by Crippen LogP contribution is 2.38. The van der Waals surface area contributed by atoms with Crippen LogP contribution in [0.1, 0.15) is 66.0 Å². The number of aliphatic hydroxyl groups excluding tert-OH is 1. The van der Waals surface area contributed by atoms with Gasteiger partial charge in [0.15, 0.2) is 0 Å². The Bertz CT molecular complexity index is 2020. The number of benzene rings is 4. The number of thiazole rings is 2. The van der Waals surface area contributed by atoms with Crippen LogP contribution in [-0.4, -0.2) is 95.5 Å². The van der Waals surface area contributed by atoms with Crippen LogP contribution in [0.25, 0.3) is 20.4 Å². The van der Waals surface area contributed by atoms with Gasteiger partial charge in [0.05, 0.1) is 39.2 Å². The number of fused-ring (bicyclic) bond motifs is 2. The highest BCUT2D eigenvalue weighted by molar-refractivity contribution is 7.99. The molecule has 1 N–H and O–H groups in total. The molecular formula is C44H52N4O3S4. The molecule has 2 saturated heterocycles. The molecule has 0 bridgehead atoms. The average Bonchev–Trinajstić information content (AvgIpc) is 3.85. The minimum absolute atomic E-state index is 0.0896. The van der Waals surface area contributed by atoms with Gasteiger partial charge in [0.25, 0.3) is 0 Å². The molecule has 2 aromatic heterocycles. The fourth-order valence-electron chi connectivity index (χ4n) is 7.05. The largest absolute Gasteiger partial charge is 0.396 e. The average molecular weight is 813 g/mol. The lowest BCUT2D eigenvalue weighted by atomic mass is 10.1. The van der Waals surface area contributed by atoms with Gasteiger partial charge >= 0.3 is 0 Å². The van der Waals surface area contributed by atoms with Crippen LogP contribution < -0.4 is 0 Å². The molecular weight excluding hydrogens is 761 g/mol. The Hall–Kier alpha value is -2.84. The number of ether oxygens (including phenoxy) is 2. The van der Waals surface area contributed by atoms with Crippen molar-refractivity contribution in [2.45, 2.75) is 66.8 Å². The van der Waals surface area contributed by atoms with E-state index in [9.17, 15) is 0 Å². The topological polar surface area (TPSA) is 71.0 Å². The van der Waals surface area contributed by atoms with Gasteiger partial charge in [0.2, 0.25) is 0 Å². The Labute approximate surface area is 342 Å². The molecule has 2 aliphatic heterocycles. The van der Waals surface area contributed by atoms with Crippen LogP contribution in [0.3, 0.4) is 0 Å². The zero-order valence-electron chi connectivity index (χ0n) is 32.0. The predicted octanol–water partition coefficient (Wildman–Crippen LogP) is 10.2. The molecule has 0 aliphatic carbocycles. The second-order valence-electron chi connectivity index (χ2n) is 14.2. The Kier molecular flexibility index (Phi) is 14.7. The quantitative estimate of drug-likeness (QED) is 0.115. The number of para-hydroxylation sites is 2. The van der Waals surface area contributed by atoms with Gasteiger partial charge in [-0.1, -0.05) is 55.5 Å². The number of rotatable bonds is 13. The molecule has 2 unspecified atom stereocenters. The fourth-order valence-corrected chi connectivity index (χ4v) is 10.6. The van der Waals surface area contributed by atoms with E-state index in [0.29, 0.717) is 11.9 Å². The minimum atomic E-state index is -0.152. The standard InChI is InChI=1S/C22H26N2O2S2.C22H26N2OS2/c1-24-11-9-17(10-12-24)26-21(16-5-4-6-18(15-16)27-14-13-25)22-23-19-7-2-3-8-20(19)28-22;1-3-26-18-8-6-7-16(15-18)21(25-17-11-13-24(2)14-12-17)22-23-19-9-4-5-10-20(19)27-22/h2-8,15,17,21,25H,9-14H2,1H3;4-10,15,17,21H,3,11-14H2,1-2H3. The van der Waals surface area contributed by atoms with Gasteiger partial charge < -0.3 is 24.4 Å². The van der Waals surface area contributed by atoms with E-state index >= 15 is 0 Å². The zero-order valence-corrected chi connectivity index (χ0v) is 35.3. The molecule has 4 aromatic carbocycles. The molecule has 7 nitrogen and oxygen atoms in total. The number of aliphatic hydroxyl groups is 1. The highest BCUT2D eigenvalue weighted by Gasteiger charge is 2.28. The smallest absolute Gasteiger partial charge is 0.134 e. The fraction of sp³-hybridized carbons (Fsp3) is 0.409. The summed E-state index contributed by atoms with van der Waals surface area (Å²) in [4.78, 5) is 17.0. The number of hydrogen-bond donors (Lipinski definition) is 1. The van der Waals surface area contributed by atoms with Gasteiger partial charge in [0, 0.05) is 41.7 Å². The highest BCUT2D eigenvalue weighted by atomic mass is 32.2. The first-order valence-corrected chi connectivity index (χ1v) is 23.0. The molecule has 0 spiro atoms. The zero-order chi connectivity index (χ0) is 38.0. The molecule has 8 rings (SSSR count). The minimum Gasteiger partial charge on any atom is -0.396 e. The van der Waals surface area contributed by atoms with Crippen LogP contribution in [0.5, 0.6) is 0 Å². The van der Waals surface area contributed by atoms with Crippen molar-refractivity contribution in [2.24, 2.45) is 0 Å². The first-order chi connectivity index (χ1) is 26.9. The van der Waals surface area contributed by atoms with Crippen LogP contribution in [-0.2, 0) is 9.47 Å². The van der Waals surface area contributed by atoms with Gasteiger partial charge in [-0.25, -0.2) is 9.97 Å². The van der Waals surface area contributed by atoms with E-state index in [1.165, 1.54) is 19.9 Å². The van der Waals surface area contributed by atoms with Gasteiger partial charge in [-0.05, 0) is 105 Å². The van der Waals surface area contributed by atoms with Gasteiger partial charge in [-0.2, -0.15) is 0 Å². The van der Waals surface area contributed by atoms with Crippen LogP contribution in [0.4, 0.5) is 0 Å². The lowest BCUT2D eigenvalue weighted by molar-refractivity contribution is -0.0236. The number of nitrogens with zero attached hydrogens (tertiary/aromatic N) is 4. The number of thioether (sulfide) groups is 2. The van der Waals surface area contributed by atoms with Crippen molar-refractivity contribution in [2.75, 3.05) is 58.4 Å². The first-order valence-electron chi connectivity index (χ1n) is 19.4. The Morgan fingerprint density at radius 2 is 1.11 bits per heavy atom. The molecule has 4 heterocycles. The monoisotopic (exact) mass is 812 g/mol. The van der Waals surface area contributed by atoms with Crippen molar-refractivity contribution < 1.29 is 14.6 Å². The van der Waals surface area contributed by atoms with E-state index in [1.54, 1.807) is 34.4 Å². The van der Waals surface area contributed by atoms with Crippen molar-refractivity contribution in [3.8, 4) is 0 Å². The Morgan fingerprint density at radius 1 is 0.655 bits per heavy atom. The van der Waals surface area contributed by atoms with Crippen LogP contribution in [0, 0.1) is 0 Å². The van der Waals surface area contributed by atoms with Crippen molar-refractivity contribution in [3.05, 3.63) is 118 Å². The summed E-state index contributed by atoms with van der Waals surface area (Å²) in [5.74, 6) is 1.77. The third kappa shape index (κ3) is 11.0. The first kappa shape index (κ1) is 40.4. The van der Waals surface area contributed by atoms with Crippen LogP contribution in [0.2, 0.25) is 0 Å². The third-order valence-corrected chi connectivity index (χ3v) is 14.1. The van der Waals surface area contributed by atoms with Crippen molar-refractivity contribution in [3.63, 3.8) is 0 Å². The molecule has 6 aromatic rings. The number of hydrogen-bond acceptors (Lipinski definition) is 11. The summed E-state index contributed by atoms with van der Waals surface area (Å²) in [6, 6.07) is 33.9. The summed E-state index contributed by atoms with van der Waals surface area (Å²) < 4.78 is 15.8.